The maximum atomic E-state index is 6.00. The zero-order valence-corrected chi connectivity index (χ0v) is 13.4. The van der Waals surface area contributed by atoms with Gasteiger partial charge < -0.3 is 10.1 Å². The van der Waals surface area contributed by atoms with Crippen molar-refractivity contribution >= 4 is 0 Å². The number of hydrogen-bond acceptors (Lipinski definition) is 2. The van der Waals surface area contributed by atoms with E-state index in [9.17, 15) is 0 Å². The van der Waals surface area contributed by atoms with Gasteiger partial charge in [0.25, 0.3) is 0 Å². The standard InChI is InChI=1S/C18H29NO/c1-5-14-10-11-15(12-14)18(19-4)16-8-6-7-9-17(16)20-13(2)3/h6-9,13-15,18-19H,5,10-12H2,1-4H3. The average molecular weight is 275 g/mol. The van der Waals surface area contributed by atoms with E-state index in [1.165, 1.54) is 31.2 Å². The quantitative estimate of drug-likeness (QED) is 0.821. The molecule has 0 aliphatic heterocycles. The lowest BCUT2D eigenvalue weighted by atomic mass is 9.90. The summed E-state index contributed by atoms with van der Waals surface area (Å²) in [5.74, 6) is 2.69. The van der Waals surface area contributed by atoms with Crippen molar-refractivity contribution in [2.24, 2.45) is 11.8 Å². The fourth-order valence-corrected chi connectivity index (χ4v) is 3.53. The van der Waals surface area contributed by atoms with Gasteiger partial charge >= 0.3 is 0 Å². The molecule has 1 aromatic rings. The van der Waals surface area contributed by atoms with Crippen LogP contribution in [0.25, 0.3) is 0 Å². The molecule has 2 heteroatoms. The Bertz CT molecular complexity index is 416. The minimum atomic E-state index is 0.223. The van der Waals surface area contributed by atoms with E-state index in [2.05, 4.69) is 57.4 Å². The van der Waals surface area contributed by atoms with Gasteiger partial charge in [0.05, 0.1) is 6.10 Å². The van der Waals surface area contributed by atoms with Crippen molar-refractivity contribution in [3.63, 3.8) is 0 Å². The molecular weight excluding hydrogens is 246 g/mol. The molecule has 20 heavy (non-hydrogen) atoms. The third kappa shape index (κ3) is 3.54. The number of nitrogens with one attached hydrogen (secondary N) is 1. The first-order valence-corrected chi connectivity index (χ1v) is 8.08. The molecule has 3 atom stereocenters. The second kappa shape index (κ2) is 7.12. The molecule has 1 N–H and O–H groups in total. The molecule has 0 saturated heterocycles. The summed E-state index contributed by atoms with van der Waals surface area (Å²) < 4.78 is 6.00. The minimum absolute atomic E-state index is 0.223. The number of para-hydroxylation sites is 1. The van der Waals surface area contributed by atoms with Crippen LogP contribution in [0.4, 0.5) is 0 Å². The summed E-state index contributed by atoms with van der Waals surface area (Å²) in [4.78, 5) is 0. The number of ether oxygens (including phenoxy) is 1. The zero-order chi connectivity index (χ0) is 14.5. The van der Waals surface area contributed by atoms with Gasteiger partial charge in [-0.1, -0.05) is 38.0 Å². The lowest BCUT2D eigenvalue weighted by molar-refractivity contribution is 0.234. The van der Waals surface area contributed by atoms with E-state index in [0.717, 1.165) is 17.6 Å². The second-order valence-electron chi connectivity index (χ2n) is 6.32. The monoisotopic (exact) mass is 275 g/mol. The van der Waals surface area contributed by atoms with Crippen molar-refractivity contribution in [1.82, 2.24) is 5.32 Å². The summed E-state index contributed by atoms with van der Waals surface area (Å²) >= 11 is 0. The molecule has 3 unspecified atom stereocenters. The number of rotatable bonds is 6. The highest BCUT2D eigenvalue weighted by atomic mass is 16.5. The predicted molar refractivity (Wildman–Crippen MR) is 85.1 cm³/mol. The van der Waals surface area contributed by atoms with Crippen LogP contribution >= 0.6 is 0 Å². The molecule has 1 aromatic carbocycles. The van der Waals surface area contributed by atoms with Crippen LogP contribution in [0.2, 0.25) is 0 Å². The SMILES string of the molecule is CCC1CCC(C(NC)c2ccccc2OC(C)C)C1. The Morgan fingerprint density at radius 3 is 2.60 bits per heavy atom. The normalized spacial score (nSPS) is 24.1. The smallest absolute Gasteiger partial charge is 0.124 e. The van der Waals surface area contributed by atoms with Crippen LogP contribution in [0.3, 0.4) is 0 Å². The fourth-order valence-electron chi connectivity index (χ4n) is 3.53. The summed E-state index contributed by atoms with van der Waals surface area (Å²) in [7, 11) is 2.08. The molecule has 2 rings (SSSR count). The molecule has 0 radical (unpaired) electrons. The molecule has 0 amide bonds. The first-order chi connectivity index (χ1) is 9.65. The van der Waals surface area contributed by atoms with Crippen LogP contribution in [0.5, 0.6) is 5.75 Å². The third-order valence-corrected chi connectivity index (χ3v) is 4.56. The van der Waals surface area contributed by atoms with Crippen molar-refractivity contribution < 1.29 is 4.74 Å². The summed E-state index contributed by atoms with van der Waals surface area (Å²) in [6, 6.07) is 8.93. The van der Waals surface area contributed by atoms with E-state index < -0.39 is 0 Å². The van der Waals surface area contributed by atoms with Crippen LogP contribution < -0.4 is 10.1 Å². The van der Waals surface area contributed by atoms with Crippen LogP contribution in [-0.4, -0.2) is 13.2 Å². The van der Waals surface area contributed by atoms with Crippen LogP contribution in [0.1, 0.15) is 58.1 Å². The summed E-state index contributed by atoms with van der Waals surface area (Å²) in [6.07, 6.45) is 5.60. The van der Waals surface area contributed by atoms with Gasteiger partial charge in [-0.2, -0.15) is 0 Å². The molecular formula is C18H29NO. The number of benzene rings is 1. The first-order valence-electron chi connectivity index (χ1n) is 8.08. The molecule has 112 valence electrons. The Morgan fingerprint density at radius 2 is 2.00 bits per heavy atom. The van der Waals surface area contributed by atoms with Crippen molar-refractivity contribution in [3.05, 3.63) is 29.8 Å². The van der Waals surface area contributed by atoms with Crippen molar-refractivity contribution in [2.45, 2.75) is 58.6 Å². The highest BCUT2D eigenvalue weighted by Gasteiger charge is 2.31. The van der Waals surface area contributed by atoms with Gasteiger partial charge in [-0.05, 0) is 51.6 Å². The molecule has 2 nitrogen and oxygen atoms in total. The predicted octanol–water partition coefficient (Wildman–Crippen LogP) is 4.56. The Morgan fingerprint density at radius 1 is 1.25 bits per heavy atom. The molecule has 0 heterocycles. The molecule has 0 aromatic heterocycles. The van der Waals surface area contributed by atoms with Gasteiger partial charge in [0, 0.05) is 11.6 Å². The number of hydrogen-bond donors (Lipinski definition) is 1. The highest BCUT2D eigenvalue weighted by Crippen LogP contribution is 2.42. The molecule has 0 spiro atoms. The Balaban J connectivity index is 2.19. The Kier molecular flexibility index (Phi) is 5.47. The van der Waals surface area contributed by atoms with Crippen LogP contribution in [-0.2, 0) is 0 Å². The summed E-state index contributed by atoms with van der Waals surface area (Å²) in [5.41, 5.74) is 1.32. The van der Waals surface area contributed by atoms with Crippen molar-refractivity contribution in [1.29, 1.82) is 0 Å². The summed E-state index contributed by atoms with van der Waals surface area (Å²) in [6.45, 7) is 6.50. The lowest BCUT2D eigenvalue weighted by Gasteiger charge is -2.26. The lowest BCUT2D eigenvalue weighted by Crippen LogP contribution is -2.25. The van der Waals surface area contributed by atoms with E-state index in [4.69, 9.17) is 4.74 Å². The third-order valence-electron chi connectivity index (χ3n) is 4.56. The van der Waals surface area contributed by atoms with E-state index in [-0.39, 0.29) is 6.10 Å². The van der Waals surface area contributed by atoms with Crippen LogP contribution in [0.15, 0.2) is 24.3 Å². The van der Waals surface area contributed by atoms with E-state index in [0.29, 0.717) is 6.04 Å². The van der Waals surface area contributed by atoms with Gasteiger partial charge in [0.1, 0.15) is 5.75 Å². The molecule has 1 aliphatic carbocycles. The average Bonchev–Trinajstić information content (AvgIpc) is 2.90. The molecule has 1 saturated carbocycles. The maximum absolute atomic E-state index is 6.00. The highest BCUT2D eigenvalue weighted by molar-refractivity contribution is 5.36. The van der Waals surface area contributed by atoms with Crippen molar-refractivity contribution in [3.8, 4) is 5.75 Å². The topological polar surface area (TPSA) is 21.3 Å². The molecule has 1 aliphatic rings. The van der Waals surface area contributed by atoms with E-state index in [1.54, 1.807) is 0 Å². The Labute approximate surface area is 123 Å². The zero-order valence-electron chi connectivity index (χ0n) is 13.4. The molecule has 0 bridgehead atoms. The largest absolute Gasteiger partial charge is 0.491 e. The first kappa shape index (κ1) is 15.4. The van der Waals surface area contributed by atoms with Gasteiger partial charge in [-0.25, -0.2) is 0 Å². The summed E-state index contributed by atoms with van der Waals surface area (Å²) in [5, 5.41) is 3.54. The van der Waals surface area contributed by atoms with Crippen molar-refractivity contribution in [2.75, 3.05) is 7.05 Å². The minimum Gasteiger partial charge on any atom is -0.491 e. The van der Waals surface area contributed by atoms with Crippen LogP contribution in [0, 0.1) is 11.8 Å². The Hall–Kier alpha value is -1.02. The molecule has 1 fully saturated rings. The maximum Gasteiger partial charge on any atom is 0.124 e. The second-order valence-corrected chi connectivity index (χ2v) is 6.32. The van der Waals surface area contributed by atoms with Gasteiger partial charge in [-0.15, -0.1) is 0 Å². The van der Waals surface area contributed by atoms with Gasteiger partial charge in [0.2, 0.25) is 0 Å². The van der Waals surface area contributed by atoms with E-state index >= 15 is 0 Å². The van der Waals surface area contributed by atoms with E-state index in [1.807, 2.05) is 0 Å². The van der Waals surface area contributed by atoms with Gasteiger partial charge in [0.15, 0.2) is 0 Å². The fraction of sp³-hybridized carbons (Fsp3) is 0.667. The van der Waals surface area contributed by atoms with Gasteiger partial charge in [-0.3, -0.25) is 0 Å².